The highest BCUT2D eigenvalue weighted by Gasteiger charge is 2.36. The van der Waals surface area contributed by atoms with Crippen LogP contribution in [0.1, 0.15) is 32.6 Å². The third-order valence-electron chi connectivity index (χ3n) is 4.53. The van der Waals surface area contributed by atoms with Crippen LogP contribution in [-0.2, 0) is 4.79 Å². The van der Waals surface area contributed by atoms with Gasteiger partial charge < -0.3 is 10.6 Å². The zero-order chi connectivity index (χ0) is 14.7. The topological polar surface area (TPSA) is 44.4 Å². The van der Waals surface area contributed by atoms with E-state index in [2.05, 4.69) is 15.5 Å². The molecule has 1 aliphatic carbocycles. The van der Waals surface area contributed by atoms with Gasteiger partial charge in [0, 0.05) is 24.3 Å². The first-order valence-corrected chi connectivity index (χ1v) is 8.09. The molecule has 0 bridgehead atoms. The number of hydrogen-bond acceptors (Lipinski definition) is 3. The van der Waals surface area contributed by atoms with E-state index in [0.717, 1.165) is 18.8 Å². The van der Waals surface area contributed by atoms with Gasteiger partial charge >= 0.3 is 0 Å². The minimum Gasteiger partial charge on any atom is -0.325 e. The van der Waals surface area contributed by atoms with Gasteiger partial charge in [-0.25, -0.2) is 0 Å². The zero-order valence-electron chi connectivity index (χ0n) is 12.7. The first-order valence-electron chi connectivity index (χ1n) is 8.09. The maximum absolute atomic E-state index is 12.5. The zero-order valence-corrected chi connectivity index (χ0v) is 12.7. The Hall–Kier alpha value is -1.39. The van der Waals surface area contributed by atoms with Crippen LogP contribution in [0.25, 0.3) is 0 Å². The van der Waals surface area contributed by atoms with Gasteiger partial charge in [0.25, 0.3) is 0 Å². The molecule has 4 heteroatoms. The van der Waals surface area contributed by atoms with Crippen molar-refractivity contribution in [2.45, 2.75) is 50.7 Å². The molecule has 1 aromatic carbocycles. The van der Waals surface area contributed by atoms with Crippen LogP contribution in [0.3, 0.4) is 0 Å². The Kier molecular flexibility index (Phi) is 4.56. The van der Waals surface area contributed by atoms with Gasteiger partial charge in [-0.1, -0.05) is 18.2 Å². The Labute approximate surface area is 126 Å². The van der Waals surface area contributed by atoms with E-state index < -0.39 is 0 Å². The van der Waals surface area contributed by atoms with E-state index in [9.17, 15) is 4.79 Å². The molecule has 1 aromatic rings. The lowest BCUT2D eigenvalue weighted by Gasteiger charge is -2.30. The SMILES string of the molecule is CC(C(=O)Nc1ccccc1)N(CC1CCCN1)C1CC1. The first-order chi connectivity index (χ1) is 10.2. The van der Waals surface area contributed by atoms with E-state index in [1.54, 1.807) is 0 Å². The Morgan fingerprint density at radius 1 is 1.33 bits per heavy atom. The second kappa shape index (κ2) is 6.58. The molecular formula is C17H25N3O. The summed E-state index contributed by atoms with van der Waals surface area (Å²) in [6, 6.07) is 10.8. The average Bonchev–Trinajstić information content (AvgIpc) is 3.21. The molecule has 4 nitrogen and oxygen atoms in total. The first kappa shape index (κ1) is 14.5. The molecular weight excluding hydrogens is 262 g/mol. The lowest BCUT2D eigenvalue weighted by atomic mass is 10.1. The maximum Gasteiger partial charge on any atom is 0.241 e. The number of para-hydroxylation sites is 1. The number of hydrogen-bond donors (Lipinski definition) is 2. The predicted molar refractivity (Wildman–Crippen MR) is 85.3 cm³/mol. The maximum atomic E-state index is 12.5. The normalized spacial score (nSPS) is 23.2. The standard InChI is InChI=1S/C17H25N3O/c1-13(17(21)19-14-6-3-2-4-7-14)20(16-9-10-16)12-15-8-5-11-18-15/h2-4,6-7,13,15-16,18H,5,8-12H2,1H3,(H,19,21). The highest BCUT2D eigenvalue weighted by molar-refractivity contribution is 5.94. The average molecular weight is 287 g/mol. The molecule has 1 saturated carbocycles. The quantitative estimate of drug-likeness (QED) is 0.843. The van der Waals surface area contributed by atoms with Crippen molar-refractivity contribution in [2.24, 2.45) is 0 Å². The molecule has 114 valence electrons. The molecule has 2 fully saturated rings. The molecule has 21 heavy (non-hydrogen) atoms. The van der Waals surface area contributed by atoms with Crippen molar-refractivity contribution in [1.82, 2.24) is 10.2 Å². The summed E-state index contributed by atoms with van der Waals surface area (Å²) < 4.78 is 0. The number of benzene rings is 1. The van der Waals surface area contributed by atoms with Crippen LogP contribution in [0.4, 0.5) is 5.69 Å². The van der Waals surface area contributed by atoms with E-state index in [-0.39, 0.29) is 11.9 Å². The molecule has 0 aromatic heterocycles. The molecule has 2 unspecified atom stereocenters. The van der Waals surface area contributed by atoms with Crippen molar-refractivity contribution < 1.29 is 4.79 Å². The van der Waals surface area contributed by atoms with Crippen molar-refractivity contribution in [3.63, 3.8) is 0 Å². The Bertz CT molecular complexity index is 466. The van der Waals surface area contributed by atoms with Gasteiger partial charge in [0.1, 0.15) is 0 Å². The van der Waals surface area contributed by atoms with Crippen LogP contribution in [0.15, 0.2) is 30.3 Å². The van der Waals surface area contributed by atoms with Crippen molar-refractivity contribution in [1.29, 1.82) is 0 Å². The lowest BCUT2D eigenvalue weighted by Crippen LogP contribution is -2.48. The number of anilines is 1. The molecule has 1 aliphatic heterocycles. The van der Waals surface area contributed by atoms with Crippen LogP contribution in [0.2, 0.25) is 0 Å². The molecule has 1 amide bonds. The van der Waals surface area contributed by atoms with E-state index in [1.807, 2.05) is 37.3 Å². The van der Waals surface area contributed by atoms with Crippen LogP contribution in [0, 0.1) is 0 Å². The molecule has 3 rings (SSSR count). The predicted octanol–water partition coefficient (Wildman–Crippen LogP) is 2.23. The number of rotatable bonds is 6. The number of amides is 1. The summed E-state index contributed by atoms with van der Waals surface area (Å²) in [4.78, 5) is 14.9. The van der Waals surface area contributed by atoms with E-state index in [0.29, 0.717) is 12.1 Å². The highest BCUT2D eigenvalue weighted by Crippen LogP contribution is 2.29. The fourth-order valence-electron chi connectivity index (χ4n) is 3.12. The monoisotopic (exact) mass is 287 g/mol. The Morgan fingerprint density at radius 2 is 2.10 bits per heavy atom. The second-order valence-electron chi connectivity index (χ2n) is 6.25. The van der Waals surface area contributed by atoms with E-state index in [1.165, 1.54) is 25.7 Å². The van der Waals surface area contributed by atoms with Gasteiger partial charge in [0.05, 0.1) is 6.04 Å². The summed E-state index contributed by atoms with van der Waals surface area (Å²) in [6.07, 6.45) is 4.95. The van der Waals surface area contributed by atoms with Gasteiger partial charge in [-0.05, 0) is 51.3 Å². The van der Waals surface area contributed by atoms with Crippen molar-refractivity contribution >= 4 is 11.6 Å². The number of nitrogens with one attached hydrogen (secondary N) is 2. The summed E-state index contributed by atoms with van der Waals surface area (Å²) in [5.74, 6) is 0.103. The molecule has 2 N–H and O–H groups in total. The molecule has 1 saturated heterocycles. The lowest BCUT2D eigenvalue weighted by molar-refractivity contribution is -0.121. The van der Waals surface area contributed by atoms with Crippen molar-refractivity contribution in [3.05, 3.63) is 30.3 Å². The molecule has 0 spiro atoms. The van der Waals surface area contributed by atoms with Crippen molar-refractivity contribution in [2.75, 3.05) is 18.4 Å². The minimum absolute atomic E-state index is 0.0693. The van der Waals surface area contributed by atoms with Gasteiger partial charge in [0.15, 0.2) is 0 Å². The van der Waals surface area contributed by atoms with Crippen molar-refractivity contribution in [3.8, 4) is 0 Å². The summed E-state index contributed by atoms with van der Waals surface area (Å²) in [6.45, 7) is 4.15. The minimum atomic E-state index is -0.0693. The molecule has 1 heterocycles. The summed E-state index contributed by atoms with van der Waals surface area (Å²) >= 11 is 0. The Balaban J connectivity index is 1.60. The summed E-state index contributed by atoms with van der Waals surface area (Å²) in [5.41, 5.74) is 0.879. The third kappa shape index (κ3) is 3.83. The molecule has 2 aliphatic rings. The number of carbonyl (C=O) groups is 1. The van der Waals surface area contributed by atoms with Crippen LogP contribution >= 0.6 is 0 Å². The van der Waals surface area contributed by atoms with E-state index in [4.69, 9.17) is 0 Å². The van der Waals surface area contributed by atoms with Gasteiger partial charge in [0.2, 0.25) is 5.91 Å². The fourth-order valence-corrected chi connectivity index (χ4v) is 3.12. The second-order valence-corrected chi connectivity index (χ2v) is 6.25. The molecule has 2 atom stereocenters. The van der Waals surface area contributed by atoms with Gasteiger partial charge in [-0.15, -0.1) is 0 Å². The largest absolute Gasteiger partial charge is 0.325 e. The molecule has 0 radical (unpaired) electrons. The van der Waals surface area contributed by atoms with Crippen LogP contribution < -0.4 is 10.6 Å². The summed E-state index contributed by atoms with van der Waals surface area (Å²) in [7, 11) is 0. The van der Waals surface area contributed by atoms with E-state index >= 15 is 0 Å². The van der Waals surface area contributed by atoms with Gasteiger partial charge in [-0.3, -0.25) is 9.69 Å². The highest BCUT2D eigenvalue weighted by atomic mass is 16.2. The Morgan fingerprint density at radius 3 is 2.71 bits per heavy atom. The van der Waals surface area contributed by atoms with Crippen LogP contribution in [-0.4, -0.2) is 42.0 Å². The fraction of sp³-hybridized carbons (Fsp3) is 0.588. The van der Waals surface area contributed by atoms with Gasteiger partial charge in [-0.2, -0.15) is 0 Å². The third-order valence-corrected chi connectivity index (χ3v) is 4.53. The smallest absolute Gasteiger partial charge is 0.241 e. The number of carbonyl (C=O) groups excluding carboxylic acids is 1. The summed E-state index contributed by atoms with van der Waals surface area (Å²) in [5, 5.41) is 6.57. The number of nitrogens with zero attached hydrogens (tertiary/aromatic N) is 1. The van der Waals surface area contributed by atoms with Crippen LogP contribution in [0.5, 0.6) is 0 Å².